The maximum Gasteiger partial charge on any atom is 0.296 e. The van der Waals surface area contributed by atoms with Crippen molar-refractivity contribution in [2.24, 2.45) is 0 Å². The fraction of sp³-hybridized carbons (Fsp3) is 0.571. The van der Waals surface area contributed by atoms with Gasteiger partial charge in [0.05, 0.1) is 11.5 Å². The lowest BCUT2D eigenvalue weighted by Gasteiger charge is -2.05. The summed E-state index contributed by atoms with van der Waals surface area (Å²) >= 11 is 0. The zero-order chi connectivity index (χ0) is 24.5. The third-order valence-electron chi connectivity index (χ3n) is 5.97. The van der Waals surface area contributed by atoms with Crippen LogP contribution in [-0.4, -0.2) is 31.6 Å². The van der Waals surface area contributed by atoms with Crippen molar-refractivity contribution in [3.63, 3.8) is 0 Å². The minimum Gasteiger partial charge on any atom is -0.508 e. The summed E-state index contributed by atoms with van der Waals surface area (Å²) in [6.07, 6.45) is 15.0. The van der Waals surface area contributed by atoms with Crippen LogP contribution in [0, 0.1) is 0 Å². The highest BCUT2D eigenvalue weighted by Gasteiger charge is 2.26. The fourth-order valence-electron chi connectivity index (χ4n) is 3.94. The van der Waals surface area contributed by atoms with E-state index in [1.807, 2.05) is 0 Å². The van der Waals surface area contributed by atoms with Crippen molar-refractivity contribution < 1.29 is 17.7 Å². The molecule has 1 saturated heterocycles. The van der Waals surface area contributed by atoms with Gasteiger partial charge in [0, 0.05) is 10.9 Å². The Balaban J connectivity index is 0.000000283. The lowest BCUT2D eigenvalue weighted by molar-refractivity contribution is 0.306. The number of unbranched alkanes of at least 4 members (excludes halogenated alkanes) is 9. The third-order valence-corrected chi connectivity index (χ3v) is 9.80. The van der Waals surface area contributed by atoms with E-state index in [2.05, 4.69) is 19.1 Å². The second-order valence-corrected chi connectivity index (χ2v) is 12.8. The van der Waals surface area contributed by atoms with Crippen molar-refractivity contribution in [3.05, 3.63) is 54.6 Å². The summed E-state index contributed by atoms with van der Waals surface area (Å²) in [6.45, 7) is 2.52. The minimum absolute atomic E-state index is 0.238. The van der Waals surface area contributed by atoms with Crippen LogP contribution in [0.3, 0.4) is 0 Å². The van der Waals surface area contributed by atoms with Crippen molar-refractivity contribution in [3.8, 4) is 5.75 Å². The van der Waals surface area contributed by atoms with Crippen LogP contribution in [-0.2, 0) is 25.2 Å². The monoisotopic (exact) mass is 507 g/mol. The highest BCUT2D eigenvalue weighted by molar-refractivity contribution is 7.97. The predicted molar refractivity (Wildman–Crippen MR) is 144 cm³/mol. The van der Waals surface area contributed by atoms with Gasteiger partial charge in [0.25, 0.3) is 10.1 Å². The summed E-state index contributed by atoms with van der Waals surface area (Å²) in [5.74, 6) is 3.08. The lowest BCUT2D eigenvalue weighted by Crippen LogP contribution is -2.07. The molecule has 190 valence electrons. The Bertz CT molecular complexity index is 861. The molecule has 0 radical (unpaired) electrons. The Morgan fingerprint density at radius 3 is 1.85 bits per heavy atom. The smallest absolute Gasteiger partial charge is 0.296 e. The van der Waals surface area contributed by atoms with Crippen molar-refractivity contribution in [1.82, 2.24) is 0 Å². The van der Waals surface area contributed by atoms with Gasteiger partial charge in [0.15, 0.2) is 4.90 Å². The molecule has 0 saturated carbocycles. The molecule has 0 aromatic heterocycles. The third kappa shape index (κ3) is 11.8. The predicted octanol–water partition coefficient (Wildman–Crippen LogP) is 7.48. The molecule has 3 rings (SSSR count). The van der Waals surface area contributed by atoms with Crippen molar-refractivity contribution in [2.45, 2.75) is 93.8 Å². The molecule has 1 aliphatic heterocycles. The Hall–Kier alpha value is -1.50. The highest BCUT2D eigenvalue weighted by Crippen LogP contribution is 2.24. The summed E-state index contributed by atoms with van der Waals surface area (Å²) in [4.78, 5) is 1.66. The van der Waals surface area contributed by atoms with Crippen LogP contribution in [0.25, 0.3) is 0 Å². The Morgan fingerprint density at radius 2 is 1.29 bits per heavy atom. The van der Waals surface area contributed by atoms with Crippen molar-refractivity contribution >= 4 is 21.0 Å². The number of hydrogen-bond donors (Lipinski definition) is 1. The molecule has 1 N–H and O–H groups in total. The topological polar surface area (TPSA) is 63.6 Å². The van der Waals surface area contributed by atoms with E-state index in [0.29, 0.717) is 16.6 Å². The summed E-state index contributed by atoms with van der Waals surface area (Å²) in [5.41, 5.74) is 0. The largest absolute Gasteiger partial charge is 0.508 e. The average Bonchev–Trinajstić information content (AvgIpc) is 3.39. The van der Waals surface area contributed by atoms with E-state index in [1.54, 1.807) is 42.5 Å². The van der Waals surface area contributed by atoms with Crippen LogP contribution in [0.15, 0.2) is 64.4 Å². The second-order valence-electron chi connectivity index (χ2n) is 8.87. The number of hydrogen-bond acceptors (Lipinski definition) is 4. The normalized spacial score (nSPS) is 14.0. The van der Waals surface area contributed by atoms with Gasteiger partial charge in [-0.15, -0.1) is 0 Å². The average molecular weight is 508 g/mol. The van der Waals surface area contributed by atoms with Crippen LogP contribution in [0.2, 0.25) is 0 Å². The molecule has 1 heterocycles. The minimum atomic E-state index is -3.57. The molecule has 2 aromatic carbocycles. The number of phenolic OH excluding ortho intramolecular Hbond substituents is 1. The van der Waals surface area contributed by atoms with Gasteiger partial charge in [-0.3, -0.25) is 4.18 Å². The SMILES string of the molecule is CCCCCCCCCCCCOS(=O)(=O)c1ccccc1.Oc1ccc([S+]2CCCC2)cc1. The van der Waals surface area contributed by atoms with E-state index >= 15 is 0 Å². The molecule has 0 aliphatic carbocycles. The lowest BCUT2D eigenvalue weighted by atomic mass is 10.1. The zero-order valence-corrected chi connectivity index (χ0v) is 22.4. The molecule has 0 unspecified atom stereocenters. The Labute approximate surface area is 210 Å². The van der Waals surface area contributed by atoms with Crippen LogP contribution >= 0.6 is 0 Å². The molecular formula is C28H43O4S2+. The zero-order valence-electron chi connectivity index (χ0n) is 20.8. The number of benzene rings is 2. The second kappa shape index (κ2) is 17.0. The summed E-state index contributed by atoms with van der Waals surface area (Å²) in [6, 6.07) is 16.0. The number of aromatic hydroxyl groups is 1. The Morgan fingerprint density at radius 1 is 0.765 bits per heavy atom. The first-order valence-electron chi connectivity index (χ1n) is 12.9. The Kier molecular flexibility index (Phi) is 14.4. The summed E-state index contributed by atoms with van der Waals surface area (Å²) < 4.78 is 28.8. The van der Waals surface area contributed by atoms with Crippen LogP contribution in [0.1, 0.15) is 84.0 Å². The van der Waals surface area contributed by atoms with E-state index in [9.17, 15) is 8.42 Å². The molecule has 1 aliphatic rings. The fourth-order valence-corrected chi connectivity index (χ4v) is 7.21. The highest BCUT2D eigenvalue weighted by atomic mass is 32.2. The first-order chi connectivity index (χ1) is 16.5. The molecule has 1 fully saturated rings. The van der Waals surface area contributed by atoms with Gasteiger partial charge in [-0.05, 0) is 55.7 Å². The molecule has 0 bridgehead atoms. The van der Waals surface area contributed by atoms with Gasteiger partial charge in [-0.1, -0.05) is 82.9 Å². The molecule has 0 spiro atoms. The van der Waals surface area contributed by atoms with Gasteiger partial charge in [0.2, 0.25) is 0 Å². The molecule has 2 aromatic rings. The van der Waals surface area contributed by atoms with Gasteiger partial charge < -0.3 is 5.11 Å². The first-order valence-corrected chi connectivity index (χ1v) is 15.9. The quantitative estimate of drug-likeness (QED) is 0.164. The van der Waals surface area contributed by atoms with Crippen molar-refractivity contribution in [2.75, 3.05) is 18.1 Å². The van der Waals surface area contributed by atoms with Crippen LogP contribution < -0.4 is 0 Å². The van der Waals surface area contributed by atoms with Crippen LogP contribution in [0.5, 0.6) is 5.75 Å². The molecule has 34 heavy (non-hydrogen) atoms. The molecule has 4 nitrogen and oxygen atoms in total. The van der Waals surface area contributed by atoms with E-state index < -0.39 is 10.1 Å². The first kappa shape index (κ1) is 28.7. The van der Waals surface area contributed by atoms with Gasteiger partial charge in [0.1, 0.15) is 17.3 Å². The standard InChI is InChI=1S/C18H30O3S.C10H12OS/c1-2-3-4-5-6-7-8-9-10-14-17-21-22(19,20)18-15-12-11-13-16-18;11-9-3-5-10(6-4-9)12-7-1-2-8-12/h11-13,15-16H,2-10,14,17H2,1H3;3-6H,1-2,7-8H2/p+1. The molecular weight excluding hydrogens is 464 g/mol. The maximum atomic E-state index is 11.9. The van der Waals surface area contributed by atoms with Crippen LogP contribution in [0.4, 0.5) is 0 Å². The van der Waals surface area contributed by atoms with E-state index in [4.69, 9.17) is 9.29 Å². The summed E-state index contributed by atoms with van der Waals surface area (Å²) in [7, 11) is -3.08. The van der Waals surface area contributed by atoms with Gasteiger partial charge in [-0.25, -0.2) is 0 Å². The van der Waals surface area contributed by atoms with Gasteiger partial charge in [-0.2, -0.15) is 8.42 Å². The number of phenols is 1. The van der Waals surface area contributed by atoms with Gasteiger partial charge >= 0.3 is 0 Å². The van der Waals surface area contributed by atoms with Crippen molar-refractivity contribution in [1.29, 1.82) is 0 Å². The maximum absolute atomic E-state index is 11.9. The molecule has 0 atom stereocenters. The number of rotatable bonds is 14. The molecule has 6 heteroatoms. The summed E-state index contributed by atoms with van der Waals surface area (Å²) in [5, 5.41) is 9.10. The van der Waals surface area contributed by atoms with E-state index in [1.165, 1.54) is 80.6 Å². The molecule has 0 amide bonds. The van der Waals surface area contributed by atoms with E-state index in [-0.39, 0.29) is 11.5 Å². The van der Waals surface area contributed by atoms with E-state index in [0.717, 1.165) is 12.8 Å².